The molecule has 27 heavy (non-hydrogen) atoms. The third-order valence-electron chi connectivity index (χ3n) is 4.26. The van der Waals surface area contributed by atoms with Gasteiger partial charge in [-0.1, -0.05) is 42.5 Å². The van der Waals surface area contributed by atoms with E-state index in [1.54, 1.807) is 18.3 Å². The van der Waals surface area contributed by atoms with E-state index in [1.807, 2.05) is 18.2 Å². The minimum absolute atomic E-state index is 0.219. The quantitative estimate of drug-likeness (QED) is 0.652. The molecule has 0 saturated carbocycles. The van der Waals surface area contributed by atoms with E-state index in [0.29, 0.717) is 18.3 Å². The van der Waals surface area contributed by atoms with Gasteiger partial charge in [-0.2, -0.15) is 10.1 Å². The summed E-state index contributed by atoms with van der Waals surface area (Å²) in [6.45, 7) is 5.63. The van der Waals surface area contributed by atoms with Crippen LogP contribution < -0.4 is 10.2 Å². The molecule has 5 nitrogen and oxygen atoms in total. The summed E-state index contributed by atoms with van der Waals surface area (Å²) in [6, 6.07) is 17.0. The van der Waals surface area contributed by atoms with E-state index in [4.69, 9.17) is 0 Å². The summed E-state index contributed by atoms with van der Waals surface area (Å²) in [5.41, 5.74) is 2.27. The Balaban J connectivity index is 1.64. The van der Waals surface area contributed by atoms with Crippen LogP contribution in [0.15, 0.2) is 60.8 Å². The molecular formula is C21H24FN5. The number of hydrogen-bond acceptors (Lipinski definition) is 5. The molecule has 1 heterocycles. The van der Waals surface area contributed by atoms with Crippen LogP contribution >= 0.6 is 0 Å². The Morgan fingerprint density at radius 1 is 1.00 bits per heavy atom. The number of nitrogens with zero attached hydrogens (tertiary/aromatic N) is 4. The summed E-state index contributed by atoms with van der Waals surface area (Å²) in [5, 5.41) is 11.6. The first-order valence-electron chi connectivity index (χ1n) is 9.10. The van der Waals surface area contributed by atoms with Gasteiger partial charge >= 0.3 is 0 Å². The van der Waals surface area contributed by atoms with Crippen LogP contribution in [-0.2, 0) is 13.0 Å². The minimum atomic E-state index is -0.219. The highest BCUT2D eigenvalue weighted by atomic mass is 19.1. The standard InChI is InChI=1S/C21H24FN5/c1-16(2)27(15-18-6-4-3-5-7-18)21-25-20(14-24-26-21)23-13-12-17-8-10-19(22)11-9-17/h3-11,14,16H,12-13,15H2,1-2H3,(H,23,25,26). The average molecular weight is 365 g/mol. The number of rotatable bonds is 8. The molecular weight excluding hydrogens is 341 g/mol. The maximum atomic E-state index is 13.0. The van der Waals surface area contributed by atoms with Crippen molar-refractivity contribution in [3.05, 3.63) is 77.7 Å². The van der Waals surface area contributed by atoms with Crippen LogP contribution in [0.25, 0.3) is 0 Å². The number of aromatic nitrogens is 3. The molecule has 0 atom stereocenters. The Morgan fingerprint density at radius 3 is 2.44 bits per heavy atom. The predicted octanol–water partition coefficient (Wildman–Crippen LogP) is 4.08. The lowest BCUT2D eigenvalue weighted by atomic mass is 10.1. The van der Waals surface area contributed by atoms with Crippen molar-refractivity contribution >= 4 is 11.8 Å². The van der Waals surface area contributed by atoms with Crippen LogP contribution in [-0.4, -0.2) is 27.8 Å². The number of anilines is 2. The Bertz CT molecular complexity index is 837. The van der Waals surface area contributed by atoms with Gasteiger partial charge in [-0.25, -0.2) is 4.39 Å². The molecule has 0 radical (unpaired) electrons. The largest absolute Gasteiger partial charge is 0.368 e. The van der Waals surface area contributed by atoms with Gasteiger partial charge in [0.15, 0.2) is 5.82 Å². The molecule has 6 heteroatoms. The number of halogens is 1. The zero-order chi connectivity index (χ0) is 19.1. The molecule has 2 aromatic carbocycles. The van der Waals surface area contributed by atoms with Crippen LogP contribution in [0, 0.1) is 5.82 Å². The molecule has 0 fully saturated rings. The fraction of sp³-hybridized carbons (Fsp3) is 0.286. The Kier molecular flexibility index (Phi) is 6.30. The van der Waals surface area contributed by atoms with Crippen molar-refractivity contribution in [2.45, 2.75) is 32.9 Å². The molecule has 3 rings (SSSR count). The van der Waals surface area contributed by atoms with E-state index in [1.165, 1.54) is 17.7 Å². The molecule has 0 aliphatic carbocycles. The molecule has 0 aliphatic heterocycles. The van der Waals surface area contributed by atoms with E-state index in [9.17, 15) is 4.39 Å². The van der Waals surface area contributed by atoms with Crippen molar-refractivity contribution in [1.82, 2.24) is 15.2 Å². The van der Waals surface area contributed by atoms with E-state index in [-0.39, 0.29) is 11.9 Å². The van der Waals surface area contributed by atoms with Gasteiger partial charge in [0.2, 0.25) is 5.95 Å². The van der Waals surface area contributed by atoms with E-state index in [0.717, 1.165) is 18.5 Å². The SMILES string of the molecule is CC(C)N(Cc1ccccc1)c1nncc(NCCc2ccc(F)cc2)n1. The summed E-state index contributed by atoms with van der Waals surface area (Å²) < 4.78 is 13.0. The van der Waals surface area contributed by atoms with Crippen LogP contribution in [0.3, 0.4) is 0 Å². The van der Waals surface area contributed by atoms with Crippen molar-refractivity contribution in [2.24, 2.45) is 0 Å². The van der Waals surface area contributed by atoms with E-state index < -0.39 is 0 Å². The first-order chi connectivity index (χ1) is 13.1. The molecule has 0 bridgehead atoms. The van der Waals surface area contributed by atoms with E-state index >= 15 is 0 Å². The lowest BCUT2D eigenvalue weighted by molar-refractivity contribution is 0.627. The molecule has 3 aromatic rings. The molecule has 1 N–H and O–H groups in total. The zero-order valence-electron chi connectivity index (χ0n) is 15.6. The zero-order valence-corrected chi connectivity index (χ0v) is 15.6. The third kappa shape index (κ3) is 5.48. The Labute approximate surface area is 159 Å². The van der Waals surface area contributed by atoms with Crippen molar-refractivity contribution in [3.63, 3.8) is 0 Å². The highest BCUT2D eigenvalue weighted by Gasteiger charge is 2.15. The lowest BCUT2D eigenvalue weighted by Gasteiger charge is -2.26. The normalized spacial score (nSPS) is 10.8. The summed E-state index contributed by atoms with van der Waals surface area (Å²) >= 11 is 0. The number of nitrogens with one attached hydrogen (secondary N) is 1. The van der Waals surface area contributed by atoms with Crippen LogP contribution in [0.4, 0.5) is 16.2 Å². The van der Waals surface area contributed by atoms with Crippen molar-refractivity contribution in [1.29, 1.82) is 0 Å². The second kappa shape index (κ2) is 9.07. The summed E-state index contributed by atoms with van der Waals surface area (Å²) in [6.07, 6.45) is 2.40. The predicted molar refractivity (Wildman–Crippen MR) is 106 cm³/mol. The number of hydrogen-bond donors (Lipinski definition) is 1. The first-order valence-corrected chi connectivity index (χ1v) is 9.10. The van der Waals surface area contributed by atoms with E-state index in [2.05, 4.69) is 51.4 Å². The van der Waals surface area contributed by atoms with Crippen LogP contribution in [0.5, 0.6) is 0 Å². The minimum Gasteiger partial charge on any atom is -0.368 e. The van der Waals surface area contributed by atoms with Crippen LogP contribution in [0.2, 0.25) is 0 Å². The molecule has 0 saturated heterocycles. The van der Waals surface area contributed by atoms with Gasteiger partial charge in [0.05, 0.1) is 6.20 Å². The average Bonchev–Trinajstić information content (AvgIpc) is 2.68. The van der Waals surface area contributed by atoms with Gasteiger partial charge < -0.3 is 10.2 Å². The highest BCUT2D eigenvalue weighted by molar-refractivity contribution is 5.40. The van der Waals surface area contributed by atoms with Gasteiger partial charge in [-0.15, -0.1) is 5.10 Å². The van der Waals surface area contributed by atoms with Gasteiger partial charge in [-0.3, -0.25) is 0 Å². The second-order valence-electron chi connectivity index (χ2n) is 6.65. The second-order valence-corrected chi connectivity index (χ2v) is 6.65. The fourth-order valence-corrected chi connectivity index (χ4v) is 2.75. The molecule has 0 aliphatic rings. The van der Waals surface area contributed by atoms with Crippen molar-refractivity contribution in [2.75, 3.05) is 16.8 Å². The first kappa shape index (κ1) is 18.8. The molecule has 0 spiro atoms. The Hall–Kier alpha value is -3.02. The van der Waals surface area contributed by atoms with Crippen molar-refractivity contribution in [3.8, 4) is 0 Å². The maximum Gasteiger partial charge on any atom is 0.247 e. The molecule has 0 amide bonds. The van der Waals surface area contributed by atoms with Crippen molar-refractivity contribution < 1.29 is 4.39 Å². The topological polar surface area (TPSA) is 53.9 Å². The highest BCUT2D eigenvalue weighted by Crippen LogP contribution is 2.16. The van der Waals surface area contributed by atoms with Gasteiger partial charge in [-0.05, 0) is 43.5 Å². The molecule has 140 valence electrons. The molecule has 0 unspecified atom stereocenters. The van der Waals surface area contributed by atoms with Gasteiger partial charge in [0.1, 0.15) is 5.82 Å². The van der Waals surface area contributed by atoms with Gasteiger partial charge in [0, 0.05) is 19.1 Å². The summed E-state index contributed by atoms with van der Waals surface area (Å²) in [5.74, 6) is 1.06. The smallest absolute Gasteiger partial charge is 0.247 e. The Morgan fingerprint density at radius 2 is 1.74 bits per heavy atom. The summed E-state index contributed by atoms with van der Waals surface area (Å²) in [7, 11) is 0. The maximum absolute atomic E-state index is 13.0. The third-order valence-corrected chi connectivity index (χ3v) is 4.26. The fourth-order valence-electron chi connectivity index (χ4n) is 2.75. The van der Waals surface area contributed by atoms with Gasteiger partial charge in [0.25, 0.3) is 0 Å². The monoisotopic (exact) mass is 365 g/mol. The molecule has 1 aromatic heterocycles. The van der Waals surface area contributed by atoms with Crippen LogP contribution in [0.1, 0.15) is 25.0 Å². The lowest BCUT2D eigenvalue weighted by Crippen LogP contribution is -2.32. The summed E-state index contributed by atoms with van der Waals surface area (Å²) in [4.78, 5) is 6.74. The number of benzene rings is 2.